The van der Waals surface area contributed by atoms with Gasteiger partial charge in [0.25, 0.3) is 0 Å². The standard InChI is InChI=1S/C14H16ClFO2/c15-11-6-2-7-12(16)14(11)13(17)8-1-4-10-5-3-9-18-10/h2,6-7,10H,1,3-5,8-9H2. The summed E-state index contributed by atoms with van der Waals surface area (Å²) < 4.78 is 19.0. The zero-order valence-corrected chi connectivity index (χ0v) is 10.9. The van der Waals surface area contributed by atoms with E-state index in [1.54, 1.807) is 0 Å². The molecule has 1 aliphatic heterocycles. The molecule has 0 saturated carbocycles. The molecule has 98 valence electrons. The van der Waals surface area contributed by atoms with E-state index in [1.165, 1.54) is 18.2 Å². The molecule has 1 fully saturated rings. The van der Waals surface area contributed by atoms with E-state index in [4.69, 9.17) is 16.3 Å². The number of ether oxygens (including phenoxy) is 1. The lowest BCUT2D eigenvalue weighted by molar-refractivity contribution is 0.0920. The van der Waals surface area contributed by atoms with Crippen molar-refractivity contribution in [2.45, 2.75) is 38.2 Å². The number of rotatable bonds is 5. The molecule has 1 aliphatic rings. The van der Waals surface area contributed by atoms with Gasteiger partial charge >= 0.3 is 0 Å². The molecule has 0 radical (unpaired) electrons. The highest BCUT2D eigenvalue weighted by Crippen LogP contribution is 2.23. The Morgan fingerprint density at radius 1 is 1.50 bits per heavy atom. The molecule has 1 aromatic carbocycles. The Hall–Kier alpha value is -0.930. The van der Waals surface area contributed by atoms with Crippen molar-refractivity contribution in [2.24, 2.45) is 0 Å². The molecule has 1 aromatic rings. The van der Waals surface area contributed by atoms with Crippen molar-refractivity contribution in [3.8, 4) is 0 Å². The van der Waals surface area contributed by atoms with Crippen molar-refractivity contribution < 1.29 is 13.9 Å². The number of Topliss-reactive ketones (excluding diaryl/α,β-unsaturated/α-hetero) is 1. The summed E-state index contributed by atoms with van der Waals surface area (Å²) in [5.41, 5.74) is 0.0199. The van der Waals surface area contributed by atoms with Crippen LogP contribution in [0.1, 0.15) is 42.5 Å². The summed E-state index contributed by atoms with van der Waals surface area (Å²) in [6.07, 6.45) is 4.33. The van der Waals surface area contributed by atoms with Crippen LogP contribution in [0.2, 0.25) is 5.02 Å². The van der Waals surface area contributed by atoms with Crippen LogP contribution in [-0.2, 0) is 4.74 Å². The molecule has 1 atom stereocenters. The zero-order chi connectivity index (χ0) is 13.0. The van der Waals surface area contributed by atoms with Gasteiger partial charge in [-0.15, -0.1) is 0 Å². The Kier molecular flexibility index (Phi) is 4.72. The van der Waals surface area contributed by atoms with Crippen LogP contribution in [0, 0.1) is 5.82 Å². The highest BCUT2D eigenvalue weighted by Gasteiger charge is 2.18. The van der Waals surface area contributed by atoms with E-state index < -0.39 is 5.82 Å². The molecule has 1 heterocycles. The maximum absolute atomic E-state index is 13.5. The number of carbonyl (C=O) groups excluding carboxylic acids is 1. The van der Waals surface area contributed by atoms with E-state index in [2.05, 4.69) is 0 Å². The van der Waals surface area contributed by atoms with Crippen molar-refractivity contribution in [3.63, 3.8) is 0 Å². The summed E-state index contributed by atoms with van der Waals surface area (Å²) in [6.45, 7) is 0.817. The van der Waals surface area contributed by atoms with Crippen molar-refractivity contribution in [1.82, 2.24) is 0 Å². The van der Waals surface area contributed by atoms with Crippen molar-refractivity contribution >= 4 is 17.4 Å². The summed E-state index contributed by atoms with van der Waals surface area (Å²) in [7, 11) is 0. The molecular weight excluding hydrogens is 255 g/mol. The first-order valence-corrected chi connectivity index (χ1v) is 6.65. The van der Waals surface area contributed by atoms with Gasteiger partial charge in [0.15, 0.2) is 5.78 Å². The SMILES string of the molecule is O=C(CCCC1CCCO1)c1c(F)cccc1Cl. The van der Waals surface area contributed by atoms with E-state index in [0.717, 1.165) is 25.9 Å². The van der Waals surface area contributed by atoms with Crippen molar-refractivity contribution in [3.05, 3.63) is 34.6 Å². The lowest BCUT2D eigenvalue weighted by atomic mass is 10.0. The highest BCUT2D eigenvalue weighted by atomic mass is 35.5. The number of hydrogen-bond donors (Lipinski definition) is 0. The first kappa shape index (κ1) is 13.5. The van der Waals surface area contributed by atoms with Gasteiger partial charge in [0, 0.05) is 13.0 Å². The summed E-state index contributed by atoms with van der Waals surface area (Å²) in [5, 5.41) is 0.192. The molecular formula is C14H16ClFO2. The van der Waals surface area contributed by atoms with Gasteiger partial charge in [-0.05, 0) is 37.8 Å². The third-order valence-corrected chi connectivity index (χ3v) is 3.51. The molecule has 0 spiro atoms. The van der Waals surface area contributed by atoms with Gasteiger partial charge in [-0.2, -0.15) is 0 Å². The second kappa shape index (κ2) is 6.30. The Morgan fingerprint density at radius 2 is 2.33 bits per heavy atom. The van der Waals surface area contributed by atoms with Crippen molar-refractivity contribution in [2.75, 3.05) is 6.61 Å². The largest absolute Gasteiger partial charge is 0.378 e. The van der Waals surface area contributed by atoms with Crippen LogP contribution in [0.4, 0.5) is 4.39 Å². The zero-order valence-electron chi connectivity index (χ0n) is 10.1. The van der Waals surface area contributed by atoms with Crippen molar-refractivity contribution in [1.29, 1.82) is 0 Å². The van der Waals surface area contributed by atoms with Gasteiger partial charge in [0.2, 0.25) is 0 Å². The lowest BCUT2D eigenvalue weighted by Crippen LogP contribution is -2.08. The van der Waals surface area contributed by atoms with Crippen LogP contribution in [-0.4, -0.2) is 18.5 Å². The molecule has 4 heteroatoms. The van der Waals surface area contributed by atoms with Crippen LogP contribution in [0.3, 0.4) is 0 Å². The maximum atomic E-state index is 13.5. The van der Waals surface area contributed by atoms with Gasteiger partial charge in [-0.25, -0.2) is 4.39 Å². The number of ketones is 1. The minimum Gasteiger partial charge on any atom is -0.378 e. The number of halogens is 2. The quantitative estimate of drug-likeness (QED) is 0.756. The average Bonchev–Trinajstić information content (AvgIpc) is 2.82. The monoisotopic (exact) mass is 270 g/mol. The van der Waals surface area contributed by atoms with Gasteiger partial charge < -0.3 is 4.74 Å². The molecule has 1 unspecified atom stereocenters. The fraction of sp³-hybridized carbons (Fsp3) is 0.500. The average molecular weight is 271 g/mol. The lowest BCUT2D eigenvalue weighted by Gasteiger charge is -2.09. The molecule has 2 nitrogen and oxygen atoms in total. The van der Waals surface area contributed by atoms with E-state index in [9.17, 15) is 9.18 Å². The second-order valence-electron chi connectivity index (χ2n) is 4.55. The summed E-state index contributed by atoms with van der Waals surface area (Å²) >= 11 is 5.84. The van der Waals surface area contributed by atoms with E-state index in [-0.39, 0.29) is 22.5 Å². The predicted octanol–water partition coefficient (Wildman–Crippen LogP) is 4.01. The Balaban J connectivity index is 1.87. The summed E-state index contributed by atoms with van der Waals surface area (Å²) in [4.78, 5) is 11.9. The third-order valence-electron chi connectivity index (χ3n) is 3.20. The smallest absolute Gasteiger partial charge is 0.167 e. The first-order chi connectivity index (χ1) is 8.68. The molecule has 2 rings (SSSR count). The first-order valence-electron chi connectivity index (χ1n) is 6.27. The third kappa shape index (κ3) is 3.30. The minimum atomic E-state index is -0.537. The van der Waals surface area contributed by atoms with Gasteiger partial charge in [-0.1, -0.05) is 17.7 Å². The summed E-state index contributed by atoms with van der Waals surface area (Å²) in [6, 6.07) is 4.30. The van der Waals surface area contributed by atoms with Crippen LogP contribution in [0.5, 0.6) is 0 Å². The van der Waals surface area contributed by atoms with Gasteiger partial charge in [0.05, 0.1) is 16.7 Å². The fourth-order valence-electron chi connectivity index (χ4n) is 2.25. The van der Waals surface area contributed by atoms with Crippen LogP contribution < -0.4 is 0 Å². The fourth-order valence-corrected chi connectivity index (χ4v) is 2.52. The Morgan fingerprint density at radius 3 is 3.00 bits per heavy atom. The number of carbonyl (C=O) groups is 1. The molecule has 1 saturated heterocycles. The van der Waals surface area contributed by atoms with E-state index >= 15 is 0 Å². The molecule has 0 amide bonds. The van der Waals surface area contributed by atoms with E-state index in [1.807, 2.05) is 0 Å². The second-order valence-corrected chi connectivity index (χ2v) is 4.95. The topological polar surface area (TPSA) is 26.3 Å². The summed E-state index contributed by atoms with van der Waals surface area (Å²) in [5.74, 6) is -0.763. The Labute approximate surface area is 111 Å². The highest BCUT2D eigenvalue weighted by molar-refractivity contribution is 6.34. The molecule has 0 aliphatic carbocycles. The maximum Gasteiger partial charge on any atom is 0.167 e. The van der Waals surface area contributed by atoms with Gasteiger partial charge in [0.1, 0.15) is 5.82 Å². The number of hydrogen-bond acceptors (Lipinski definition) is 2. The van der Waals surface area contributed by atoms with Crippen LogP contribution in [0.15, 0.2) is 18.2 Å². The van der Waals surface area contributed by atoms with E-state index in [0.29, 0.717) is 12.8 Å². The Bertz CT molecular complexity index is 408. The molecule has 18 heavy (non-hydrogen) atoms. The predicted molar refractivity (Wildman–Crippen MR) is 68.6 cm³/mol. The molecule has 0 bridgehead atoms. The normalized spacial score (nSPS) is 19.1. The molecule has 0 N–H and O–H groups in total. The minimum absolute atomic E-state index is 0.0199. The van der Waals surface area contributed by atoms with Crippen LogP contribution >= 0.6 is 11.6 Å². The molecule has 0 aromatic heterocycles. The van der Waals surface area contributed by atoms with Gasteiger partial charge in [-0.3, -0.25) is 4.79 Å². The number of benzene rings is 1. The van der Waals surface area contributed by atoms with Crippen LogP contribution in [0.25, 0.3) is 0 Å².